The van der Waals surface area contributed by atoms with Crippen LogP contribution < -0.4 is 10.4 Å². The number of ether oxygens (including phenoxy) is 4. The van der Waals surface area contributed by atoms with Gasteiger partial charge in [0.25, 0.3) is 8.32 Å². The van der Waals surface area contributed by atoms with E-state index in [0.717, 1.165) is 38.5 Å². The van der Waals surface area contributed by atoms with Gasteiger partial charge in [-0.1, -0.05) is 122 Å². The molecule has 282 valence electrons. The Labute approximate surface area is 309 Å². The number of benzene rings is 2. The van der Waals surface area contributed by atoms with Gasteiger partial charge in [0.05, 0.1) is 29.5 Å². The zero-order valence-electron chi connectivity index (χ0n) is 33.1. The van der Waals surface area contributed by atoms with Gasteiger partial charge in [-0.2, -0.15) is 0 Å². The van der Waals surface area contributed by atoms with E-state index >= 15 is 0 Å². The average molecular weight is 719 g/mol. The molecule has 0 aliphatic carbocycles. The number of hydrogen-bond donors (Lipinski definition) is 1. The zero-order valence-corrected chi connectivity index (χ0v) is 34.1. The van der Waals surface area contributed by atoms with Crippen molar-refractivity contribution < 1.29 is 28.5 Å². The van der Waals surface area contributed by atoms with Crippen molar-refractivity contribution in [3.8, 4) is 0 Å². The van der Waals surface area contributed by atoms with E-state index in [-0.39, 0.29) is 35.0 Å². The Bertz CT molecular complexity index is 1450. The molecule has 1 N–H and O–H groups in total. The maximum absolute atomic E-state index is 10.5. The quantitative estimate of drug-likeness (QED) is 0.196. The molecule has 3 fully saturated rings. The molecule has 0 radical (unpaired) electrons. The number of aliphatic hydroxyl groups excluding tert-OH is 1. The van der Waals surface area contributed by atoms with Crippen LogP contribution in [-0.2, 0) is 23.4 Å². The first-order valence-electron chi connectivity index (χ1n) is 20.0. The lowest BCUT2D eigenvalue weighted by molar-refractivity contribution is -0.401. The van der Waals surface area contributed by atoms with Crippen molar-refractivity contribution in [1.82, 2.24) is 0 Å². The maximum Gasteiger partial charge on any atom is 0.261 e. The van der Waals surface area contributed by atoms with Crippen LogP contribution in [0.5, 0.6) is 0 Å². The second-order valence-electron chi connectivity index (χ2n) is 17.8. The summed E-state index contributed by atoms with van der Waals surface area (Å²) >= 11 is 0. The van der Waals surface area contributed by atoms with Crippen molar-refractivity contribution >= 4 is 18.7 Å². The highest BCUT2D eigenvalue weighted by Crippen LogP contribution is 2.57. The van der Waals surface area contributed by atoms with Crippen molar-refractivity contribution in [2.45, 2.75) is 160 Å². The van der Waals surface area contributed by atoms with Gasteiger partial charge >= 0.3 is 0 Å². The monoisotopic (exact) mass is 718 g/mol. The van der Waals surface area contributed by atoms with E-state index < -0.39 is 37.2 Å². The minimum absolute atomic E-state index is 0.0400. The number of aliphatic hydroxyl groups is 1. The molecule has 0 aromatic heterocycles. The predicted molar refractivity (Wildman–Crippen MR) is 208 cm³/mol. The minimum atomic E-state index is -2.71. The Kier molecular flexibility index (Phi) is 11.0. The summed E-state index contributed by atoms with van der Waals surface area (Å²) in [7, 11) is -2.71. The van der Waals surface area contributed by atoms with Crippen molar-refractivity contribution in [2.75, 3.05) is 6.61 Å². The zero-order chi connectivity index (χ0) is 36.9. The second-order valence-corrected chi connectivity index (χ2v) is 22.1. The molecular formula is C44H66O6Si. The van der Waals surface area contributed by atoms with E-state index in [1.165, 1.54) is 10.4 Å². The maximum atomic E-state index is 10.5. The van der Waals surface area contributed by atoms with Crippen LogP contribution in [-0.4, -0.2) is 61.1 Å². The van der Waals surface area contributed by atoms with Crippen LogP contribution in [0.15, 0.2) is 72.8 Å². The topological polar surface area (TPSA) is 66.4 Å². The van der Waals surface area contributed by atoms with Gasteiger partial charge in [0.2, 0.25) is 0 Å². The fourth-order valence-electron chi connectivity index (χ4n) is 10.1. The molecular weight excluding hydrogens is 653 g/mol. The highest BCUT2D eigenvalue weighted by Gasteiger charge is 2.64. The summed E-state index contributed by atoms with van der Waals surface area (Å²) < 4.78 is 36.1. The van der Waals surface area contributed by atoms with Gasteiger partial charge in [-0.3, -0.25) is 0 Å². The molecule has 11 atom stereocenters. The Morgan fingerprint density at radius 3 is 2.08 bits per heavy atom. The molecule has 0 saturated carbocycles. The first-order chi connectivity index (χ1) is 24.1. The van der Waals surface area contributed by atoms with E-state index in [1.54, 1.807) is 0 Å². The van der Waals surface area contributed by atoms with Gasteiger partial charge in [-0.15, -0.1) is 0 Å². The van der Waals surface area contributed by atoms with E-state index in [0.29, 0.717) is 18.9 Å². The van der Waals surface area contributed by atoms with Gasteiger partial charge in [0.15, 0.2) is 11.6 Å². The molecule has 2 aromatic rings. The largest absolute Gasteiger partial charge is 0.407 e. The Morgan fingerprint density at radius 2 is 1.55 bits per heavy atom. The summed E-state index contributed by atoms with van der Waals surface area (Å²) in [6.07, 6.45) is 9.77. The molecule has 2 spiro atoms. The summed E-state index contributed by atoms with van der Waals surface area (Å²) in [4.78, 5) is 0. The SMILES string of the molecule is CC[C@@H](CO[Si](c1ccccc1)(c1ccccc1)C(C)(C)C)[C@H]1O[C@@]2(C=CC[C@@]3(O[C@@](CC)([C@@H]4CC[C@@](C)([C@@H](C)O)O4)C[C@H]3C)O2)[C@H](C)C[C@@H]1C. The first-order valence-corrected chi connectivity index (χ1v) is 21.9. The van der Waals surface area contributed by atoms with E-state index in [4.69, 9.17) is 23.4 Å². The van der Waals surface area contributed by atoms with E-state index in [2.05, 4.69) is 128 Å². The number of hydrogen-bond acceptors (Lipinski definition) is 6. The van der Waals surface area contributed by atoms with Crippen LogP contribution in [0, 0.1) is 23.7 Å². The van der Waals surface area contributed by atoms with Gasteiger partial charge in [0, 0.05) is 30.8 Å². The van der Waals surface area contributed by atoms with Gasteiger partial charge in [-0.05, 0) is 79.8 Å². The molecule has 0 amide bonds. The summed E-state index contributed by atoms with van der Waals surface area (Å²) in [6.45, 7) is 22.9. The lowest BCUT2D eigenvalue weighted by atomic mass is 9.77. The molecule has 4 aliphatic heterocycles. The molecule has 0 bridgehead atoms. The molecule has 6 rings (SSSR count). The molecule has 6 nitrogen and oxygen atoms in total. The number of rotatable bonds is 10. The Morgan fingerprint density at radius 1 is 0.922 bits per heavy atom. The summed E-state index contributed by atoms with van der Waals surface area (Å²) in [5.41, 5.74) is -1.03. The minimum Gasteiger partial charge on any atom is -0.407 e. The summed E-state index contributed by atoms with van der Waals surface area (Å²) in [6, 6.07) is 21.9. The van der Waals surface area contributed by atoms with Crippen LogP contribution in [0.2, 0.25) is 5.04 Å². The van der Waals surface area contributed by atoms with E-state index in [9.17, 15) is 5.11 Å². The van der Waals surface area contributed by atoms with Crippen LogP contribution in [0.1, 0.15) is 114 Å². The standard InChI is InChI=1S/C44H66O6Si/c1-11-35(30-46-51(40(7,8)9,36-20-15-13-16-21-36)37-22-17-14-18-23-37)39-31(3)28-32(4)43(48-39)25-19-26-44(50-43)33(5)29-42(12-2,49-44)38-24-27-41(10,47-38)34(6)45/h13-23,25,31-35,38-39,45H,11-12,24,26-30H2,1-10H3/t31-,32+,33+,34+,35-,38-,39-,41-,42+,43+,44+/m0/s1. The molecule has 4 heterocycles. The van der Waals surface area contributed by atoms with E-state index in [1.807, 2.05) is 13.8 Å². The van der Waals surface area contributed by atoms with Crippen LogP contribution in [0.25, 0.3) is 0 Å². The lowest BCUT2D eigenvalue weighted by Crippen LogP contribution is -2.67. The lowest BCUT2D eigenvalue weighted by Gasteiger charge is -2.54. The molecule has 2 aromatic carbocycles. The normalized spacial score (nSPS) is 38.4. The first kappa shape index (κ1) is 38.9. The fraction of sp³-hybridized carbons (Fsp3) is 0.682. The third-order valence-corrected chi connectivity index (χ3v) is 18.5. The van der Waals surface area contributed by atoms with Gasteiger partial charge in [0.1, 0.15) is 0 Å². The molecule has 51 heavy (non-hydrogen) atoms. The smallest absolute Gasteiger partial charge is 0.261 e. The van der Waals surface area contributed by atoms with Crippen LogP contribution in [0.3, 0.4) is 0 Å². The van der Waals surface area contributed by atoms with Crippen molar-refractivity contribution in [3.63, 3.8) is 0 Å². The van der Waals surface area contributed by atoms with Crippen LogP contribution in [0.4, 0.5) is 0 Å². The molecule has 3 saturated heterocycles. The van der Waals surface area contributed by atoms with Crippen molar-refractivity contribution in [2.24, 2.45) is 23.7 Å². The Hall–Kier alpha value is -1.84. The molecule has 0 unspecified atom stereocenters. The third kappa shape index (κ3) is 6.76. The summed E-state index contributed by atoms with van der Waals surface area (Å²) in [5.74, 6) is -0.859. The highest BCUT2D eigenvalue weighted by atomic mass is 28.4. The molecule has 7 heteroatoms. The highest BCUT2D eigenvalue weighted by molar-refractivity contribution is 6.99. The fourth-order valence-corrected chi connectivity index (χ4v) is 14.7. The van der Waals surface area contributed by atoms with Crippen LogP contribution >= 0.6 is 0 Å². The Balaban J connectivity index is 1.27. The van der Waals surface area contributed by atoms with Crippen molar-refractivity contribution in [1.29, 1.82) is 0 Å². The third-order valence-electron chi connectivity index (χ3n) is 13.5. The van der Waals surface area contributed by atoms with Gasteiger partial charge in [-0.25, -0.2) is 0 Å². The van der Waals surface area contributed by atoms with Gasteiger partial charge < -0.3 is 28.5 Å². The average Bonchev–Trinajstić information content (AvgIpc) is 3.64. The summed E-state index contributed by atoms with van der Waals surface area (Å²) in [5, 5.41) is 13.0. The molecule has 4 aliphatic rings. The predicted octanol–water partition coefficient (Wildman–Crippen LogP) is 8.54. The van der Waals surface area contributed by atoms with Crippen molar-refractivity contribution in [3.05, 3.63) is 72.8 Å². The second kappa shape index (κ2) is 14.4.